The molecule has 1 N–H and O–H groups in total. The highest BCUT2D eigenvalue weighted by molar-refractivity contribution is 9.10. The number of ether oxygens (including phenoxy) is 2. The minimum atomic E-state index is 0.321. The average Bonchev–Trinajstić information content (AvgIpc) is 3.02. The summed E-state index contributed by atoms with van der Waals surface area (Å²) in [6.45, 7) is 7.34. The summed E-state index contributed by atoms with van der Waals surface area (Å²) in [6, 6.07) is 14.9. The number of nitrogens with one attached hydrogen (secondary N) is 1. The van der Waals surface area contributed by atoms with E-state index in [1.807, 2.05) is 6.07 Å². The summed E-state index contributed by atoms with van der Waals surface area (Å²) in [5, 5.41) is 3.39. The van der Waals surface area contributed by atoms with Crippen molar-refractivity contribution in [3.05, 3.63) is 52.5 Å². The lowest BCUT2D eigenvalue weighted by molar-refractivity contribution is 0.161. The van der Waals surface area contributed by atoms with Gasteiger partial charge in [-0.15, -0.1) is 0 Å². The molecule has 0 spiro atoms. The quantitative estimate of drug-likeness (QED) is 0.676. The van der Waals surface area contributed by atoms with E-state index in [1.165, 1.54) is 11.3 Å². The highest BCUT2D eigenvalue weighted by atomic mass is 79.9. The van der Waals surface area contributed by atoms with Gasteiger partial charge in [0.05, 0.1) is 11.6 Å². The number of methoxy groups -OCH3 is 1. The number of anilines is 1. The molecule has 2 heterocycles. The number of hydrogen-bond acceptors (Lipinski definition) is 5. The molecule has 0 aromatic heterocycles. The van der Waals surface area contributed by atoms with Gasteiger partial charge < -0.3 is 19.7 Å². The Bertz CT molecular complexity index is 826. The predicted molar refractivity (Wildman–Crippen MR) is 126 cm³/mol. The first-order chi connectivity index (χ1) is 14.7. The normalized spacial score (nSPS) is 18.8. The van der Waals surface area contributed by atoms with Crippen molar-refractivity contribution in [2.24, 2.45) is 0 Å². The van der Waals surface area contributed by atoms with Crippen LogP contribution in [-0.2, 0) is 6.54 Å². The first-order valence-electron chi connectivity index (χ1n) is 11.0. The van der Waals surface area contributed by atoms with Gasteiger partial charge in [-0.25, -0.2) is 0 Å². The van der Waals surface area contributed by atoms with Gasteiger partial charge in [-0.2, -0.15) is 0 Å². The number of rotatable bonds is 6. The maximum atomic E-state index is 6.22. The zero-order valence-electron chi connectivity index (χ0n) is 17.8. The van der Waals surface area contributed by atoms with Crippen molar-refractivity contribution in [1.29, 1.82) is 0 Å². The van der Waals surface area contributed by atoms with Crippen molar-refractivity contribution < 1.29 is 9.47 Å². The van der Waals surface area contributed by atoms with Crippen molar-refractivity contribution in [3.8, 4) is 11.5 Å². The van der Waals surface area contributed by atoms with E-state index < -0.39 is 0 Å². The molecular weight excluding hydrogens is 442 g/mol. The standard InChI is InChI=1S/C24H32BrN3O2/c1-29-22-5-2-4-20(17-22)28-13-3-12-27(14-15-28)18-19-6-7-24(23(25)16-19)30-21-8-10-26-11-9-21/h2,4-7,16-17,21,26H,3,8-15,18H2,1H3. The number of nitrogens with zero attached hydrogens (tertiary/aromatic N) is 2. The first-order valence-corrected chi connectivity index (χ1v) is 11.8. The molecule has 2 aromatic carbocycles. The topological polar surface area (TPSA) is 37.0 Å². The molecule has 0 atom stereocenters. The lowest BCUT2D eigenvalue weighted by Crippen LogP contribution is -2.34. The second kappa shape index (κ2) is 10.5. The fourth-order valence-corrected chi connectivity index (χ4v) is 4.80. The third-order valence-electron chi connectivity index (χ3n) is 5.99. The van der Waals surface area contributed by atoms with E-state index in [1.54, 1.807) is 7.11 Å². The molecule has 0 unspecified atom stereocenters. The Morgan fingerprint density at radius 1 is 1.03 bits per heavy atom. The monoisotopic (exact) mass is 473 g/mol. The van der Waals surface area contributed by atoms with E-state index in [0.29, 0.717) is 6.10 Å². The third kappa shape index (κ3) is 5.68. The van der Waals surface area contributed by atoms with E-state index in [4.69, 9.17) is 9.47 Å². The maximum Gasteiger partial charge on any atom is 0.133 e. The summed E-state index contributed by atoms with van der Waals surface area (Å²) in [6.07, 6.45) is 3.63. The van der Waals surface area contributed by atoms with Crippen LogP contribution in [0.1, 0.15) is 24.8 Å². The fraction of sp³-hybridized carbons (Fsp3) is 0.500. The fourth-order valence-electron chi connectivity index (χ4n) is 4.28. The molecule has 0 radical (unpaired) electrons. The molecule has 2 aromatic rings. The van der Waals surface area contributed by atoms with E-state index in [2.05, 4.69) is 67.4 Å². The molecule has 0 saturated carbocycles. The van der Waals surface area contributed by atoms with Gasteiger partial charge >= 0.3 is 0 Å². The molecule has 30 heavy (non-hydrogen) atoms. The molecule has 162 valence electrons. The highest BCUT2D eigenvalue weighted by Crippen LogP contribution is 2.29. The molecule has 2 aliphatic rings. The Kier molecular flexibility index (Phi) is 7.52. The number of benzene rings is 2. The Morgan fingerprint density at radius 3 is 2.70 bits per heavy atom. The van der Waals surface area contributed by atoms with Crippen molar-refractivity contribution in [2.45, 2.75) is 31.9 Å². The maximum absolute atomic E-state index is 6.22. The number of piperidine rings is 1. The lowest BCUT2D eigenvalue weighted by atomic mass is 10.1. The van der Waals surface area contributed by atoms with Gasteiger partial charge in [0.15, 0.2) is 0 Å². The molecule has 4 rings (SSSR count). The molecule has 2 aliphatic heterocycles. The van der Waals surface area contributed by atoms with Crippen molar-refractivity contribution in [3.63, 3.8) is 0 Å². The zero-order valence-corrected chi connectivity index (χ0v) is 19.4. The van der Waals surface area contributed by atoms with Gasteiger partial charge in [0.1, 0.15) is 17.6 Å². The van der Waals surface area contributed by atoms with E-state index in [0.717, 1.165) is 81.0 Å². The molecule has 5 nitrogen and oxygen atoms in total. The molecule has 0 amide bonds. The molecule has 0 bridgehead atoms. The third-order valence-corrected chi connectivity index (χ3v) is 6.61. The summed E-state index contributed by atoms with van der Waals surface area (Å²) in [5.41, 5.74) is 2.58. The van der Waals surface area contributed by atoms with Crippen LogP contribution >= 0.6 is 15.9 Å². The Labute approximate surface area is 188 Å². The first kappa shape index (κ1) is 21.5. The summed E-state index contributed by atoms with van der Waals surface area (Å²) in [4.78, 5) is 5.02. The zero-order chi connectivity index (χ0) is 20.8. The van der Waals surface area contributed by atoms with Crippen LogP contribution in [0.2, 0.25) is 0 Å². The summed E-state index contributed by atoms with van der Waals surface area (Å²) in [5.74, 6) is 1.89. The summed E-state index contributed by atoms with van der Waals surface area (Å²) in [7, 11) is 1.73. The number of hydrogen-bond donors (Lipinski definition) is 1. The van der Waals surface area contributed by atoms with Crippen LogP contribution in [-0.4, -0.2) is 57.4 Å². The Hall–Kier alpha value is -1.76. The number of halogens is 1. The van der Waals surface area contributed by atoms with Gasteiger partial charge in [0.2, 0.25) is 0 Å². The lowest BCUT2D eigenvalue weighted by Gasteiger charge is -2.25. The van der Waals surface area contributed by atoms with Gasteiger partial charge in [0.25, 0.3) is 0 Å². The largest absolute Gasteiger partial charge is 0.497 e. The van der Waals surface area contributed by atoms with E-state index in [9.17, 15) is 0 Å². The second-order valence-electron chi connectivity index (χ2n) is 8.15. The SMILES string of the molecule is COc1cccc(N2CCCN(Cc3ccc(OC4CCNCC4)c(Br)c3)CC2)c1. The second-order valence-corrected chi connectivity index (χ2v) is 9.00. The highest BCUT2D eigenvalue weighted by Gasteiger charge is 2.18. The van der Waals surface area contributed by atoms with Crippen molar-refractivity contribution >= 4 is 21.6 Å². The minimum absolute atomic E-state index is 0.321. The molecule has 0 aliphatic carbocycles. The van der Waals surface area contributed by atoms with Crippen LogP contribution in [0.15, 0.2) is 46.9 Å². The van der Waals surface area contributed by atoms with Crippen molar-refractivity contribution in [1.82, 2.24) is 10.2 Å². The molecular formula is C24H32BrN3O2. The summed E-state index contributed by atoms with van der Waals surface area (Å²) < 4.78 is 12.7. The van der Waals surface area contributed by atoms with Crippen molar-refractivity contribution in [2.75, 3.05) is 51.3 Å². The van der Waals surface area contributed by atoms with Gasteiger partial charge in [0, 0.05) is 44.5 Å². The molecule has 2 saturated heterocycles. The molecule has 2 fully saturated rings. The van der Waals surface area contributed by atoms with Gasteiger partial charge in [-0.1, -0.05) is 12.1 Å². The smallest absolute Gasteiger partial charge is 0.133 e. The Morgan fingerprint density at radius 2 is 1.90 bits per heavy atom. The van der Waals surface area contributed by atoms with Crippen LogP contribution in [0, 0.1) is 0 Å². The van der Waals surface area contributed by atoms with Crippen LogP contribution in [0.4, 0.5) is 5.69 Å². The van der Waals surface area contributed by atoms with Gasteiger partial charge in [-0.05, 0) is 78.1 Å². The predicted octanol–water partition coefficient (Wildman–Crippen LogP) is 4.30. The van der Waals surface area contributed by atoms with Gasteiger partial charge in [-0.3, -0.25) is 4.90 Å². The summed E-state index contributed by atoms with van der Waals surface area (Å²) >= 11 is 3.73. The average molecular weight is 474 g/mol. The van der Waals surface area contributed by atoms with Crippen LogP contribution in [0.3, 0.4) is 0 Å². The van der Waals surface area contributed by atoms with Crippen LogP contribution in [0.25, 0.3) is 0 Å². The van der Waals surface area contributed by atoms with E-state index >= 15 is 0 Å². The van der Waals surface area contributed by atoms with Crippen LogP contribution < -0.4 is 19.7 Å². The molecule has 6 heteroatoms. The minimum Gasteiger partial charge on any atom is -0.497 e. The van der Waals surface area contributed by atoms with Crippen LogP contribution in [0.5, 0.6) is 11.5 Å². The van der Waals surface area contributed by atoms with E-state index in [-0.39, 0.29) is 0 Å². The Balaban J connectivity index is 1.33.